The first-order valence-corrected chi connectivity index (χ1v) is 13.6. The molecule has 11 nitrogen and oxygen atoms in total. The van der Waals surface area contributed by atoms with Crippen molar-refractivity contribution in [2.24, 2.45) is 12.1 Å². The number of rotatable bonds is 10. The largest absolute Gasteiger partial charge is 0.497 e. The third-order valence-corrected chi connectivity index (χ3v) is 7.98. The molecular formula is C28H29N5O6S. The maximum absolute atomic E-state index is 13.8. The predicted octanol–water partition coefficient (Wildman–Crippen LogP) is 2.85. The van der Waals surface area contributed by atoms with E-state index in [1.807, 2.05) is 6.07 Å². The molecule has 3 aromatic carbocycles. The Morgan fingerprint density at radius 1 is 1.00 bits per heavy atom. The van der Waals surface area contributed by atoms with Gasteiger partial charge < -0.3 is 9.47 Å². The number of ether oxygens (including phenoxy) is 2. The number of anilines is 1. The van der Waals surface area contributed by atoms with Gasteiger partial charge in [0, 0.05) is 12.6 Å². The Kier molecular flexibility index (Phi) is 8.39. The molecule has 1 aromatic heterocycles. The Hall–Kier alpha value is -4.84. The number of hydrogen-bond acceptors (Lipinski definition) is 7. The van der Waals surface area contributed by atoms with Crippen LogP contribution in [0, 0.1) is 6.92 Å². The van der Waals surface area contributed by atoms with Crippen LogP contribution in [0.15, 0.2) is 93.7 Å². The number of hydrogen-bond donors (Lipinski definition) is 1. The standard InChI is InChI=1S/C28H29N5O6S/c1-20-27(28(35)33(31(20)2)22-11-7-5-8-12-22)32(40(36,37)24-13-9-6-10-14-24)19-26(34)30-29-18-21-17-23(38-3)15-16-25(21)39-4/h5-18H,19H2,1-4H3,(H,30,34)/b29-18-. The van der Waals surface area contributed by atoms with E-state index in [1.54, 1.807) is 79.3 Å². The van der Waals surface area contributed by atoms with Gasteiger partial charge in [-0.15, -0.1) is 0 Å². The fourth-order valence-electron chi connectivity index (χ4n) is 4.13. The minimum absolute atomic E-state index is 0.0682. The predicted molar refractivity (Wildman–Crippen MR) is 152 cm³/mol. The lowest BCUT2D eigenvalue weighted by atomic mass is 10.2. The summed E-state index contributed by atoms with van der Waals surface area (Å²) in [5.74, 6) is 0.294. The summed E-state index contributed by atoms with van der Waals surface area (Å²) in [5.41, 5.74) is 3.03. The highest BCUT2D eigenvalue weighted by Gasteiger charge is 2.33. The molecule has 12 heteroatoms. The van der Waals surface area contributed by atoms with Crippen molar-refractivity contribution >= 4 is 27.8 Å². The quantitative estimate of drug-likeness (QED) is 0.234. The molecule has 0 spiro atoms. The third kappa shape index (κ3) is 5.61. The molecule has 0 saturated heterocycles. The van der Waals surface area contributed by atoms with Gasteiger partial charge >= 0.3 is 0 Å². The zero-order chi connectivity index (χ0) is 28.9. The van der Waals surface area contributed by atoms with Crippen LogP contribution in [0.3, 0.4) is 0 Å². The monoisotopic (exact) mass is 563 g/mol. The van der Waals surface area contributed by atoms with Gasteiger partial charge in [-0.3, -0.25) is 14.3 Å². The van der Waals surface area contributed by atoms with Crippen LogP contribution in [0.2, 0.25) is 0 Å². The molecule has 0 bridgehead atoms. The Balaban J connectivity index is 1.72. The maximum atomic E-state index is 13.8. The van der Waals surface area contributed by atoms with Gasteiger partial charge in [-0.1, -0.05) is 36.4 Å². The van der Waals surface area contributed by atoms with Crippen molar-refractivity contribution in [2.75, 3.05) is 25.1 Å². The molecule has 208 valence electrons. The van der Waals surface area contributed by atoms with Crippen LogP contribution >= 0.6 is 0 Å². The van der Waals surface area contributed by atoms with E-state index in [4.69, 9.17) is 9.47 Å². The molecule has 1 amide bonds. The number of para-hydroxylation sites is 1. The number of carbonyl (C=O) groups is 1. The number of carbonyl (C=O) groups excluding carboxylic acids is 1. The van der Waals surface area contributed by atoms with E-state index in [2.05, 4.69) is 10.5 Å². The molecular weight excluding hydrogens is 534 g/mol. The van der Waals surface area contributed by atoms with Crippen LogP contribution in [0.25, 0.3) is 5.69 Å². The molecule has 0 aliphatic heterocycles. The molecule has 0 atom stereocenters. The first kappa shape index (κ1) is 28.2. The van der Waals surface area contributed by atoms with Gasteiger partial charge in [-0.25, -0.2) is 22.8 Å². The second kappa shape index (κ2) is 11.9. The van der Waals surface area contributed by atoms with Crippen LogP contribution in [0.1, 0.15) is 11.3 Å². The summed E-state index contributed by atoms with van der Waals surface area (Å²) < 4.78 is 41.8. The molecule has 0 aliphatic rings. The third-order valence-electron chi connectivity index (χ3n) is 6.22. The van der Waals surface area contributed by atoms with Crippen LogP contribution in [-0.4, -0.2) is 50.7 Å². The summed E-state index contributed by atoms with van der Waals surface area (Å²) in [5, 5.41) is 3.97. The SMILES string of the molecule is COc1ccc(OC)c(/C=N\NC(=O)CN(c2c(C)n(C)n(-c3ccccc3)c2=O)S(=O)(=O)c2ccccc2)c1. The molecule has 4 rings (SSSR count). The minimum atomic E-state index is -4.32. The molecule has 0 aliphatic carbocycles. The van der Waals surface area contributed by atoms with E-state index >= 15 is 0 Å². The van der Waals surface area contributed by atoms with Gasteiger partial charge in [-0.2, -0.15) is 5.10 Å². The van der Waals surface area contributed by atoms with Crippen molar-refractivity contribution in [3.63, 3.8) is 0 Å². The number of methoxy groups -OCH3 is 2. The second-order valence-corrected chi connectivity index (χ2v) is 10.5. The van der Waals surface area contributed by atoms with Crippen LogP contribution < -0.4 is 24.8 Å². The molecule has 0 saturated carbocycles. The molecule has 0 fully saturated rings. The highest BCUT2D eigenvalue weighted by Crippen LogP contribution is 2.25. The van der Waals surface area contributed by atoms with Gasteiger partial charge in [0.15, 0.2) is 0 Å². The zero-order valence-corrected chi connectivity index (χ0v) is 23.3. The lowest BCUT2D eigenvalue weighted by molar-refractivity contribution is -0.119. The summed E-state index contributed by atoms with van der Waals surface area (Å²) in [6.07, 6.45) is 1.35. The number of amides is 1. The normalized spacial score (nSPS) is 11.4. The van der Waals surface area contributed by atoms with E-state index in [9.17, 15) is 18.0 Å². The van der Waals surface area contributed by atoms with Crippen molar-refractivity contribution in [3.05, 3.63) is 100 Å². The molecule has 0 radical (unpaired) electrons. The van der Waals surface area contributed by atoms with Crippen molar-refractivity contribution in [2.45, 2.75) is 11.8 Å². The summed E-state index contributed by atoms with van der Waals surface area (Å²) in [6, 6.07) is 21.5. The number of nitrogens with one attached hydrogen (secondary N) is 1. The van der Waals surface area contributed by atoms with Crippen molar-refractivity contribution < 1.29 is 22.7 Å². The topological polar surface area (TPSA) is 124 Å². The zero-order valence-electron chi connectivity index (χ0n) is 22.4. The van der Waals surface area contributed by atoms with E-state index in [0.717, 1.165) is 4.31 Å². The van der Waals surface area contributed by atoms with Gasteiger partial charge in [0.25, 0.3) is 21.5 Å². The number of hydrazone groups is 1. The average Bonchev–Trinajstić information content (AvgIpc) is 3.19. The molecule has 0 unspecified atom stereocenters. The lowest BCUT2D eigenvalue weighted by Gasteiger charge is -2.22. The minimum Gasteiger partial charge on any atom is -0.497 e. The van der Waals surface area contributed by atoms with Gasteiger partial charge in [0.2, 0.25) is 0 Å². The average molecular weight is 564 g/mol. The van der Waals surface area contributed by atoms with Crippen molar-refractivity contribution in [1.29, 1.82) is 0 Å². The Labute approximate surface area is 231 Å². The number of sulfonamides is 1. The molecule has 4 aromatic rings. The van der Waals surface area contributed by atoms with Gasteiger partial charge in [-0.05, 0) is 49.4 Å². The number of aromatic nitrogens is 2. The first-order chi connectivity index (χ1) is 19.2. The summed E-state index contributed by atoms with van der Waals surface area (Å²) in [4.78, 5) is 26.7. The van der Waals surface area contributed by atoms with E-state index < -0.39 is 28.0 Å². The van der Waals surface area contributed by atoms with Crippen molar-refractivity contribution in [3.8, 4) is 17.2 Å². The molecule has 1 N–H and O–H groups in total. The fourth-order valence-corrected chi connectivity index (χ4v) is 5.62. The number of benzene rings is 3. The van der Waals surface area contributed by atoms with E-state index in [1.165, 1.54) is 37.2 Å². The smallest absolute Gasteiger partial charge is 0.296 e. The van der Waals surface area contributed by atoms with Crippen molar-refractivity contribution in [1.82, 2.24) is 14.8 Å². The number of nitrogens with zero attached hydrogens (tertiary/aromatic N) is 4. The van der Waals surface area contributed by atoms with Gasteiger partial charge in [0.1, 0.15) is 23.7 Å². The summed E-state index contributed by atoms with van der Waals surface area (Å²) in [6.45, 7) is 0.924. The van der Waals surface area contributed by atoms with E-state index in [0.29, 0.717) is 28.4 Å². The van der Waals surface area contributed by atoms with Crippen LogP contribution in [-0.2, 0) is 21.9 Å². The molecule has 40 heavy (non-hydrogen) atoms. The van der Waals surface area contributed by atoms with E-state index in [-0.39, 0.29) is 10.6 Å². The maximum Gasteiger partial charge on any atom is 0.296 e. The second-order valence-electron chi connectivity index (χ2n) is 8.64. The lowest BCUT2D eigenvalue weighted by Crippen LogP contribution is -2.42. The van der Waals surface area contributed by atoms with Crippen LogP contribution in [0.4, 0.5) is 5.69 Å². The van der Waals surface area contributed by atoms with Gasteiger partial charge in [0.05, 0.1) is 36.7 Å². The van der Waals surface area contributed by atoms with Crippen LogP contribution in [0.5, 0.6) is 11.5 Å². The first-order valence-electron chi connectivity index (χ1n) is 12.1. The Morgan fingerprint density at radius 3 is 2.27 bits per heavy atom. The fraction of sp³-hybridized carbons (Fsp3) is 0.179. The highest BCUT2D eigenvalue weighted by molar-refractivity contribution is 7.92. The highest BCUT2D eigenvalue weighted by atomic mass is 32.2. The molecule has 1 heterocycles. The summed E-state index contributed by atoms with van der Waals surface area (Å²) in [7, 11) is 0.338. The Bertz CT molecular complexity index is 1700. The Morgan fingerprint density at radius 2 is 1.65 bits per heavy atom. The summed E-state index contributed by atoms with van der Waals surface area (Å²) >= 11 is 0.